The maximum atomic E-state index is 12.9. The highest BCUT2D eigenvalue weighted by molar-refractivity contribution is 5.73. The van der Waals surface area contributed by atoms with E-state index in [9.17, 15) is 9.59 Å². The van der Waals surface area contributed by atoms with Crippen molar-refractivity contribution < 1.29 is 19.1 Å². The van der Waals surface area contributed by atoms with E-state index < -0.39 is 5.60 Å². The van der Waals surface area contributed by atoms with Gasteiger partial charge in [-0.3, -0.25) is 9.59 Å². The van der Waals surface area contributed by atoms with Gasteiger partial charge < -0.3 is 9.47 Å². The maximum absolute atomic E-state index is 12.9. The number of ether oxygens (including phenoxy) is 2. The Hall–Kier alpha value is -1.32. The van der Waals surface area contributed by atoms with Crippen LogP contribution in [0, 0.1) is 40.4 Å². The van der Waals surface area contributed by atoms with Crippen LogP contribution in [0.5, 0.6) is 0 Å². The average Bonchev–Trinajstić information content (AvgIpc) is 3.03. The molecular weight excluding hydrogens is 400 g/mol. The fourth-order valence-corrected chi connectivity index (χ4v) is 8.38. The van der Waals surface area contributed by atoms with E-state index in [1.165, 1.54) is 31.8 Å². The van der Waals surface area contributed by atoms with Crippen LogP contribution in [0.2, 0.25) is 0 Å². The minimum atomic E-state index is -0.425. The summed E-state index contributed by atoms with van der Waals surface area (Å²) in [7, 11) is 0. The number of hydrogen-bond donors (Lipinski definition) is 0. The Kier molecular flexibility index (Phi) is 6.08. The van der Waals surface area contributed by atoms with Crippen LogP contribution < -0.4 is 0 Å². The molecule has 4 nitrogen and oxygen atoms in total. The lowest BCUT2D eigenvalue weighted by Gasteiger charge is -2.58. The molecule has 0 radical (unpaired) electrons. The van der Waals surface area contributed by atoms with Gasteiger partial charge in [0, 0.05) is 13.3 Å². The lowest BCUT2D eigenvalue weighted by Crippen LogP contribution is -2.51. The van der Waals surface area contributed by atoms with Gasteiger partial charge in [-0.25, -0.2) is 0 Å². The van der Waals surface area contributed by atoms with Gasteiger partial charge in [0.15, 0.2) is 0 Å². The van der Waals surface area contributed by atoms with Gasteiger partial charge >= 0.3 is 11.9 Å². The second-order valence-electron chi connectivity index (χ2n) is 12.8. The fourth-order valence-electron chi connectivity index (χ4n) is 8.38. The number of esters is 2. The van der Waals surface area contributed by atoms with Gasteiger partial charge in [0.2, 0.25) is 0 Å². The third-order valence-electron chi connectivity index (χ3n) is 9.85. The molecule has 4 aliphatic rings. The molecule has 0 aromatic heterocycles. The molecule has 8 unspecified atom stereocenters. The van der Waals surface area contributed by atoms with Crippen molar-refractivity contribution in [3.05, 3.63) is 11.6 Å². The van der Waals surface area contributed by atoms with Crippen molar-refractivity contribution in [2.75, 3.05) is 0 Å². The Balaban J connectivity index is 1.52. The van der Waals surface area contributed by atoms with Crippen molar-refractivity contribution in [2.45, 2.75) is 112 Å². The summed E-state index contributed by atoms with van der Waals surface area (Å²) in [6, 6.07) is 0. The first-order valence-corrected chi connectivity index (χ1v) is 12.9. The van der Waals surface area contributed by atoms with Gasteiger partial charge in [-0.2, -0.15) is 0 Å². The highest BCUT2D eigenvalue weighted by atomic mass is 16.6. The zero-order valence-corrected chi connectivity index (χ0v) is 21.3. The monoisotopic (exact) mass is 444 g/mol. The molecule has 0 bridgehead atoms. The standard InChI is InChI=1S/C28H44O4/c1-17(25(30)32-26(3,4)5)22-10-11-23-21-9-8-19-16-20(31-18(2)29)12-14-27(19,6)24(21)13-15-28(22,23)7/h8,17,20-24H,9-16H2,1-7H3. The number of hydrogen-bond acceptors (Lipinski definition) is 4. The van der Waals surface area contributed by atoms with Crippen molar-refractivity contribution in [3.63, 3.8) is 0 Å². The van der Waals surface area contributed by atoms with E-state index in [4.69, 9.17) is 9.47 Å². The molecule has 0 N–H and O–H groups in total. The molecule has 8 atom stereocenters. The van der Waals surface area contributed by atoms with Crippen molar-refractivity contribution in [1.29, 1.82) is 0 Å². The number of allylic oxidation sites excluding steroid dienone is 1. The van der Waals surface area contributed by atoms with Gasteiger partial charge in [0.1, 0.15) is 11.7 Å². The predicted molar refractivity (Wildman–Crippen MR) is 126 cm³/mol. The zero-order chi connectivity index (χ0) is 23.5. The zero-order valence-electron chi connectivity index (χ0n) is 21.3. The fraction of sp³-hybridized carbons (Fsp3) is 0.857. The summed E-state index contributed by atoms with van der Waals surface area (Å²) < 4.78 is 11.4. The van der Waals surface area contributed by atoms with Crippen LogP contribution in [0.15, 0.2) is 11.6 Å². The molecule has 4 heteroatoms. The number of carbonyl (C=O) groups is 2. The molecule has 0 aliphatic heterocycles. The molecule has 180 valence electrons. The molecule has 0 amide bonds. The van der Waals surface area contributed by atoms with Crippen LogP contribution in [-0.4, -0.2) is 23.6 Å². The molecule has 3 saturated carbocycles. The Bertz CT molecular complexity index is 792. The van der Waals surface area contributed by atoms with E-state index in [0.717, 1.165) is 38.0 Å². The number of carbonyl (C=O) groups excluding carboxylic acids is 2. The van der Waals surface area contributed by atoms with Crippen LogP contribution in [0.1, 0.15) is 99.8 Å². The molecule has 0 aromatic rings. The molecule has 0 spiro atoms. The van der Waals surface area contributed by atoms with Crippen molar-refractivity contribution in [2.24, 2.45) is 40.4 Å². The van der Waals surface area contributed by atoms with Gasteiger partial charge in [0.05, 0.1) is 5.92 Å². The molecule has 4 rings (SSSR count). The molecule has 0 saturated heterocycles. The van der Waals surface area contributed by atoms with Crippen LogP contribution >= 0.6 is 0 Å². The van der Waals surface area contributed by atoms with Crippen LogP contribution in [-0.2, 0) is 19.1 Å². The van der Waals surface area contributed by atoms with Crippen molar-refractivity contribution >= 4 is 11.9 Å². The SMILES string of the molecule is CC(=O)OC1CCC2(C)C(=CCC3C2CCC2(C)C(C(C)C(=O)OC(C)(C)C)CCC32)C1. The predicted octanol–water partition coefficient (Wildman–Crippen LogP) is 6.47. The topological polar surface area (TPSA) is 52.6 Å². The number of rotatable bonds is 3. The van der Waals surface area contributed by atoms with E-state index in [1.807, 2.05) is 20.8 Å². The Morgan fingerprint density at radius 2 is 1.78 bits per heavy atom. The van der Waals surface area contributed by atoms with E-state index in [2.05, 4.69) is 26.8 Å². The Labute approximate surface area is 194 Å². The lowest BCUT2D eigenvalue weighted by atomic mass is 9.47. The maximum Gasteiger partial charge on any atom is 0.309 e. The van der Waals surface area contributed by atoms with Gasteiger partial charge in [-0.05, 0) is 100 Å². The quantitative estimate of drug-likeness (QED) is 0.369. The smallest absolute Gasteiger partial charge is 0.309 e. The Morgan fingerprint density at radius 1 is 1.06 bits per heavy atom. The summed E-state index contributed by atoms with van der Waals surface area (Å²) in [4.78, 5) is 24.4. The van der Waals surface area contributed by atoms with E-state index in [-0.39, 0.29) is 34.8 Å². The summed E-state index contributed by atoms with van der Waals surface area (Å²) in [6.45, 7) is 14.5. The molecule has 3 fully saturated rings. The normalized spacial score (nSPS) is 42.1. The summed E-state index contributed by atoms with van der Waals surface area (Å²) >= 11 is 0. The first kappa shape index (κ1) is 23.8. The van der Waals surface area contributed by atoms with E-state index >= 15 is 0 Å². The number of fused-ring (bicyclic) bond motifs is 5. The first-order chi connectivity index (χ1) is 14.8. The molecule has 0 aromatic carbocycles. The van der Waals surface area contributed by atoms with E-state index in [0.29, 0.717) is 17.8 Å². The minimum absolute atomic E-state index is 0.0203. The average molecular weight is 445 g/mol. The second-order valence-corrected chi connectivity index (χ2v) is 12.8. The second kappa shape index (κ2) is 8.17. The lowest BCUT2D eigenvalue weighted by molar-refractivity contribution is -0.164. The van der Waals surface area contributed by atoms with E-state index in [1.54, 1.807) is 0 Å². The van der Waals surface area contributed by atoms with Crippen molar-refractivity contribution in [1.82, 2.24) is 0 Å². The van der Waals surface area contributed by atoms with Gasteiger partial charge in [-0.15, -0.1) is 0 Å². The molecule has 0 heterocycles. The Morgan fingerprint density at radius 3 is 2.44 bits per heavy atom. The van der Waals surface area contributed by atoms with Gasteiger partial charge in [-0.1, -0.05) is 32.4 Å². The first-order valence-electron chi connectivity index (χ1n) is 12.9. The molecule has 4 aliphatic carbocycles. The van der Waals surface area contributed by atoms with Crippen LogP contribution in [0.3, 0.4) is 0 Å². The van der Waals surface area contributed by atoms with Gasteiger partial charge in [0.25, 0.3) is 0 Å². The van der Waals surface area contributed by atoms with Crippen molar-refractivity contribution in [3.8, 4) is 0 Å². The molecule has 32 heavy (non-hydrogen) atoms. The summed E-state index contributed by atoms with van der Waals surface area (Å²) in [5.74, 6) is 2.33. The third kappa shape index (κ3) is 4.05. The largest absolute Gasteiger partial charge is 0.462 e. The third-order valence-corrected chi connectivity index (χ3v) is 9.85. The highest BCUT2D eigenvalue weighted by Gasteiger charge is 2.60. The summed E-state index contributed by atoms with van der Waals surface area (Å²) in [6.07, 6.45) is 11.6. The summed E-state index contributed by atoms with van der Waals surface area (Å²) in [5, 5.41) is 0. The minimum Gasteiger partial charge on any atom is -0.462 e. The molecular formula is C28H44O4. The highest BCUT2D eigenvalue weighted by Crippen LogP contribution is 2.67. The van der Waals surface area contributed by atoms with Crippen LogP contribution in [0.4, 0.5) is 0 Å². The van der Waals surface area contributed by atoms with Crippen LogP contribution in [0.25, 0.3) is 0 Å². The summed E-state index contributed by atoms with van der Waals surface area (Å²) in [5.41, 5.74) is 1.59.